The van der Waals surface area contributed by atoms with Crippen LogP contribution in [0.25, 0.3) is 0 Å². The monoisotopic (exact) mass is 314 g/mol. The lowest BCUT2D eigenvalue weighted by molar-refractivity contribution is -1.02. The summed E-state index contributed by atoms with van der Waals surface area (Å²) in [6.45, 7) is 7.91. The number of ether oxygens (including phenoxy) is 1. The van der Waals surface area contributed by atoms with Crippen LogP contribution in [-0.2, 0) is 6.54 Å². The Hall–Kier alpha value is -1.32. The van der Waals surface area contributed by atoms with Crippen molar-refractivity contribution in [1.29, 1.82) is 0 Å². The van der Waals surface area contributed by atoms with Gasteiger partial charge in [-0.05, 0) is 48.9 Å². The summed E-state index contributed by atoms with van der Waals surface area (Å²) < 4.78 is 5.24. The molecule has 1 aromatic carbocycles. The van der Waals surface area contributed by atoms with Crippen LogP contribution in [0.15, 0.2) is 36.4 Å². The molecular weight excluding hydrogens is 284 g/mol. The predicted octanol–water partition coefficient (Wildman–Crippen LogP) is 0.191. The number of nitrogens with one attached hydrogen (secondary N) is 2. The first kappa shape index (κ1) is 15.2. The Balaban J connectivity index is 1.23. The van der Waals surface area contributed by atoms with E-state index in [0.29, 0.717) is 0 Å². The maximum Gasteiger partial charge on any atom is 0.127 e. The lowest BCUT2D eigenvalue weighted by Crippen LogP contribution is -3.27. The first-order valence-corrected chi connectivity index (χ1v) is 9.28. The minimum atomic E-state index is 0.914. The third-order valence-electron chi connectivity index (χ3n) is 6.24. The first-order chi connectivity index (χ1) is 11.3. The third kappa shape index (κ3) is 3.46. The number of methoxy groups -OCH3 is 1. The van der Waals surface area contributed by atoms with E-state index >= 15 is 0 Å². The van der Waals surface area contributed by atoms with Crippen molar-refractivity contribution in [3.8, 4) is 5.75 Å². The highest BCUT2D eigenvalue weighted by Gasteiger charge is 2.38. The van der Waals surface area contributed by atoms with Crippen molar-refractivity contribution in [2.45, 2.75) is 19.4 Å². The second-order valence-electron chi connectivity index (χ2n) is 7.77. The van der Waals surface area contributed by atoms with Gasteiger partial charge in [0.2, 0.25) is 0 Å². The Kier molecular flexibility index (Phi) is 4.41. The molecule has 1 aromatic rings. The van der Waals surface area contributed by atoms with Crippen LogP contribution < -0.4 is 14.5 Å². The highest BCUT2D eigenvalue weighted by atomic mass is 16.5. The molecule has 1 aliphatic heterocycles. The Labute approximate surface area is 139 Å². The van der Waals surface area contributed by atoms with Crippen molar-refractivity contribution in [3.05, 3.63) is 42.0 Å². The van der Waals surface area contributed by atoms with Gasteiger partial charge in [-0.3, -0.25) is 0 Å². The fourth-order valence-corrected chi connectivity index (χ4v) is 4.87. The van der Waals surface area contributed by atoms with E-state index in [2.05, 4.69) is 36.4 Å². The minimum absolute atomic E-state index is 0.914. The molecule has 3 atom stereocenters. The number of allylic oxidation sites excluding steroid dienone is 2. The van der Waals surface area contributed by atoms with E-state index in [9.17, 15) is 0 Å². The first-order valence-electron chi connectivity index (χ1n) is 9.28. The Morgan fingerprint density at radius 1 is 0.957 bits per heavy atom. The molecule has 2 fully saturated rings. The standard InChI is InChI=1S/C20H28N2O/c1-23-20-6-3-16(4-7-20)14-21-8-10-22(11-9-21)15-19-13-17-2-5-18(19)12-17/h2-7,17-19H,8-15H2,1H3/p+2/t17-,18+,19-/m1/s1. The molecule has 3 aliphatic rings. The molecule has 1 heterocycles. The van der Waals surface area contributed by atoms with Gasteiger partial charge in [0, 0.05) is 11.5 Å². The van der Waals surface area contributed by atoms with E-state index in [1.54, 1.807) is 12.0 Å². The average Bonchev–Trinajstić information content (AvgIpc) is 3.20. The van der Waals surface area contributed by atoms with Gasteiger partial charge in [-0.15, -0.1) is 0 Å². The maximum atomic E-state index is 5.24. The van der Waals surface area contributed by atoms with Crippen LogP contribution in [0.1, 0.15) is 18.4 Å². The molecule has 3 heteroatoms. The van der Waals surface area contributed by atoms with Crippen molar-refractivity contribution in [2.75, 3.05) is 39.8 Å². The van der Waals surface area contributed by atoms with E-state index in [1.807, 2.05) is 4.90 Å². The molecule has 1 saturated carbocycles. The number of hydrogen-bond acceptors (Lipinski definition) is 1. The van der Waals surface area contributed by atoms with Crippen molar-refractivity contribution >= 4 is 0 Å². The summed E-state index contributed by atoms with van der Waals surface area (Å²) in [5.41, 5.74) is 1.43. The van der Waals surface area contributed by atoms with Crippen LogP contribution in [0.4, 0.5) is 0 Å². The fraction of sp³-hybridized carbons (Fsp3) is 0.600. The summed E-state index contributed by atoms with van der Waals surface area (Å²) in [6.07, 6.45) is 7.89. The molecule has 2 aliphatic carbocycles. The summed E-state index contributed by atoms with van der Waals surface area (Å²) in [5.74, 6) is 3.77. The number of benzene rings is 1. The van der Waals surface area contributed by atoms with Gasteiger partial charge in [0.25, 0.3) is 0 Å². The van der Waals surface area contributed by atoms with Crippen LogP contribution in [0.5, 0.6) is 5.75 Å². The third-order valence-corrected chi connectivity index (χ3v) is 6.24. The molecule has 1 saturated heterocycles. The molecular formula is C20H30N2O+2. The topological polar surface area (TPSA) is 18.1 Å². The largest absolute Gasteiger partial charge is 0.497 e. The second kappa shape index (κ2) is 6.66. The minimum Gasteiger partial charge on any atom is -0.497 e. The summed E-state index contributed by atoms with van der Waals surface area (Å²) >= 11 is 0. The zero-order chi connectivity index (χ0) is 15.6. The Bertz CT molecular complexity index is 545. The van der Waals surface area contributed by atoms with Crippen molar-refractivity contribution in [1.82, 2.24) is 0 Å². The van der Waals surface area contributed by atoms with E-state index in [-0.39, 0.29) is 0 Å². The normalized spacial score (nSPS) is 35.6. The molecule has 0 amide bonds. The molecule has 3 nitrogen and oxygen atoms in total. The number of fused-ring (bicyclic) bond motifs is 2. The quantitative estimate of drug-likeness (QED) is 0.743. The number of piperazine rings is 1. The van der Waals surface area contributed by atoms with Gasteiger partial charge >= 0.3 is 0 Å². The van der Waals surface area contributed by atoms with Crippen LogP contribution in [0.3, 0.4) is 0 Å². The molecule has 4 rings (SSSR count). The summed E-state index contributed by atoms with van der Waals surface area (Å²) in [7, 11) is 1.73. The van der Waals surface area contributed by atoms with Crippen LogP contribution in [0.2, 0.25) is 0 Å². The van der Waals surface area contributed by atoms with Crippen molar-refractivity contribution < 1.29 is 14.5 Å². The molecule has 0 spiro atoms. The smallest absolute Gasteiger partial charge is 0.127 e. The number of rotatable bonds is 5. The summed E-state index contributed by atoms with van der Waals surface area (Å²) in [6, 6.07) is 8.59. The molecule has 0 radical (unpaired) electrons. The Morgan fingerprint density at radius 2 is 1.70 bits per heavy atom. The molecule has 0 aromatic heterocycles. The highest BCUT2D eigenvalue weighted by Crippen LogP contribution is 2.42. The highest BCUT2D eigenvalue weighted by molar-refractivity contribution is 5.26. The number of hydrogen-bond donors (Lipinski definition) is 2. The molecule has 23 heavy (non-hydrogen) atoms. The van der Waals surface area contributed by atoms with E-state index in [1.165, 1.54) is 51.1 Å². The summed E-state index contributed by atoms with van der Waals surface area (Å²) in [5, 5.41) is 0. The summed E-state index contributed by atoms with van der Waals surface area (Å²) in [4.78, 5) is 3.60. The fourth-order valence-electron chi connectivity index (χ4n) is 4.87. The van der Waals surface area contributed by atoms with Gasteiger partial charge in [0.15, 0.2) is 0 Å². The molecule has 0 unspecified atom stereocenters. The maximum absolute atomic E-state index is 5.24. The SMILES string of the molecule is COc1ccc(C[NH+]2CC[NH+](C[C@H]3C[C@@H]4C=C[C@H]3C4)CC2)cc1. The van der Waals surface area contributed by atoms with E-state index < -0.39 is 0 Å². The molecule has 124 valence electrons. The zero-order valence-electron chi connectivity index (χ0n) is 14.3. The van der Waals surface area contributed by atoms with Crippen molar-refractivity contribution in [2.24, 2.45) is 17.8 Å². The second-order valence-corrected chi connectivity index (χ2v) is 7.77. The molecule has 2 N–H and O–H groups in total. The van der Waals surface area contributed by atoms with Crippen LogP contribution in [0, 0.1) is 17.8 Å². The van der Waals surface area contributed by atoms with Gasteiger partial charge in [-0.1, -0.05) is 12.2 Å². The van der Waals surface area contributed by atoms with E-state index in [4.69, 9.17) is 4.74 Å². The van der Waals surface area contributed by atoms with Crippen molar-refractivity contribution in [3.63, 3.8) is 0 Å². The predicted molar refractivity (Wildman–Crippen MR) is 91.8 cm³/mol. The number of quaternary nitrogens is 2. The molecule has 2 bridgehead atoms. The van der Waals surface area contributed by atoms with Crippen LogP contribution >= 0.6 is 0 Å². The van der Waals surface area contributed by atoms with Crippen LogP contribution in [-0.4, -0.2) is 39.8 Å². The van der Waals surface area contributed by atoms with Gasteiger partial charge in [-0.2, -0.15) is 0 Å². The Morgan fingerprint density at radius 3 is 2.30 bits per heavy atom. The average molecular weight is 314 g/mol. The van der Waals surface area contributed by atoms with Gasteiger partial charge in [0.1, 0.15) is 38.5 Å². The lowest BCUT2D eigenvalue weighted by atomic mass is 9.93. The van der Waals surface area contributed by atoms with Gasteiger partial charge in [-0.25, -0.2) is 0 Å². The van der Waals surface area contributed by atoms with Gasteiger partial charge < -0.3 is 14.5 Å². The zero-order valence-corrected chi connectivity index (χ0v) is 14.3. The van der Waals surface area contributed by atoms with Gasteiger partial charge in [0.05, 0.1) is 13.7 Å². The van der Waals surface area contributed by atoms with E-state index in [0.717, 1.165) is 30.0 Å². The lowest BCUT2D eigenvalue weighted by Gasteiger charge is -2.32.